The summed E-state index contributed by atoms with van der Waals surface area (Å²) < 4.78 is 5.22. The molecule has 0 amide bonds. The van der Waals surface area contributed by atoms with E-state index in [1.807, 2.05) is 30.3 Å². The molecule has 1 N–H and O–H groups in total. The minimum atomic E-state index is 0.0950. The second-order valence-corrected chi connectivity index (χ2v) is 4.84. The Bertz CT molecular complexity index is 414. The number of nitrogens with zero attached hydrogens (tertiary/aromatic N) is 2. The fraction of sp³-hybridized carbons (Fsp3) is 0.500. The highest BCUT2D eigenvalue weighted by atomic mass is 16.5. The van der Waals surface area contributed by atoms with Gasteiger partial charge in [0.25, 0.3) is 0 Å². The lowest BCUT2D eigenvalue weighted by atomic mass is 10.2. The molecule has 2 rings (SSSR count). The summed E-state index contributed by atoms with van der Waals surface area (Å²) in [5, 5.41) is 12.0. The van der Waals surface area contributed by atoms with E-state index >= 15 is 0 Å². The van der Waals surface area contributed by atoms with Crippen molar-refractivity contribution in [1.82, 2.24) is 4.90 Å². The van der Waals surface area contributed by atoms with E-state index in [0.717, 1.165) is 18.0 Å². The van der Waals surface area contributed by atoms with Crippen molar-refractivity contribution < 1.29 is 4.74 Å². The van der Waals surface area contributed by atoms with Gasteiger partial charge in [0.05, 0.1) is 0 Å². The van der Waals surface area contributed by atoms with Gasteiger partial charge in [0.1, 0.15) is 11.8 Å². The van der Waals surface area contributed by atoms with Gasteiger partial charge in [0.15, 0.2) is 6.61 Å². The molecule has 1 aromatic rings. The molecule has 1 aliphatic rings. The first kappa shape index (κ1) is 12.7. The number of ether oxygens (including phenoxy) is 1. The summed E-state index contributed by atoms with van der Waals surface area (Å²) in [7, 11) is 2.16. The second-order valence-electron chi connectivity index (χ2n) is 4.84. The van der Waals surface area contributed by atoms with Crippen LogP contribution in [0.3, 0.4) is 0 Å². The van der Waals surface area contributed by atoms with Crippen molar-refractivity contribution >= 4 is 5.69 Å². The quantitative estimate of drug-likeness (QED) is 0.882. The Morgan fingerprint density at radius 1 is 1.44 bits per heavy atom. The average molecular weight is 245 g/mol. The summed E-state index contributed by atoms with van der Waals surface area (Å²) >= 11 is 0. The van der Waals surface area contributed by atoms with Crippen molar-refractivity contribution in [3.05, 3.63) is 24.3 Å². The summed E-state index contributed by atoms with van der Waals surface area (Å²) in [6, 6.07) is 10.9. The van der Waals surface area contributed by atoms with E-state index in [1.165, 1.54) is 6.42 Å². The molecular formula is C14H19N3O. The third-order valence-corrected chi connectivity index (χ3v) is 3.41. The molecule has 1 fully saturated rings. The van der Waals surface area contributed by atoms with Crippen LogP contribution in [0.1, 0.15) is 13.3 Å². The smallest absolute Gasteiger partial charge is 0.174 e. The number of rotatable bonds is 4. The van der Waals surface area contributed by atoms with Crippen LogP contribution >= 0.6 is 0 Å². The highest BCUT2D eigenvalue weighted by molar-refractivity contribution is 5.47. The Hall–Kier alpha value is -1.73. The molecule has 1 aromatic carbocycles. The number of nitriles is 1. The van der Waals surface area contributed by atoms with Crippen LogP contribution in [-0.4, -0.2) is 37.2 Å². The van der Waals surface area contributed by atoms with Crippen LogP contribution < -0.4 is 10.1 Å². The molecule has 4 nitrogen and oxygen atoms in total. The zero-order chi connectivity index (χ0) is 13.0. The van der Waals surface area contributed by atoms with Crippen molar-refractivity contribution in [1.29, 1.82) is 5.26 Å². The Labute approximate surface area is 108 Å². The Morgan fingerprint density at radius 3 is 2.72 bits per heavy atom. The van der Waals surface area contributed by atoms with Crippen LogP contribution in [0.4, 0.5) is 5.69 Å². The Morgan fingerprint density at radius 2 is 2.17 bits per heavy atom. The second kappa shape index (κ2) is 5.74. The van der Waals surface area contributed by atoms with E-state index in [4.69, 9.17) is 10.00 Å². The molecule has 1 aliphatic heterocycles. The predicted octanol–water partition coefficient (Wildman–Crippen LogP) is 2.09. The fourth-order valence-electron chi connectivity index (χ4n) is 2.30. The van der Waals surface area contributed by atoms with Gasteiger partial charge < -0.3 is 15.0 Å². The molecule has 96 valence electrons. The average Bonchev–Trinajstić information content (AvgIpc) is 2.67. The topological polar surface area (TPSA) is 48.3 Å². The van der Waals surface area contributed by atoms with Gasteiger partial charge in [-0.2, -0.15) is 5.26 Å². The normalized spacial score (nSPS) is 23.6. The molecule has 0 bridgehead atoms. The summed E-state index contributed by atoms with van der Waals surface area (Å²) in [6.45, 7) is 3.42. The number of hydrogen-bond donors (Lipinski definition) is 1. The number of likely N-dealkylation sites (tertiary alicyclic amines) is 1. The molecule has 18 heavy (non-hydrogen) atoms. The zero-order valence-corrected chi connectivity index (χ0v) is 10.9. The third-order valence-electron chi connectivity index (χ3n) is 3.41. The molecule has 1 saturated heterocycles. The van der Waals surface area contributed by atoms with Gasteiger partial charge in [-0.15, -0.1) is 0 Å². The molecule has 0 saturated carbocycles. The summed E-state index contributed by atoms with van der Waals surface area (Å²) in [5.41, 5.74) is 1.10. The van der Waals surface area contributed by atoms with E-state index in [9.17, 15) is 0 Å². The van der Waals surface area contributed by atoms with Crippen LogP contribution in [0.2, 0.25) is 0 Å². The highest BCUT2D eigenvalue weighted by Gasteiger charge is 2.25. The molecule has 0 radical (unpaired) electrons. The van der Waals surface area contributed by atoms with Gasteiger partial charge in [0, 0.05) is 24.3 Å². The first-order valence-corrected chi connectivity index (χ1v) is 6.25. The minimum absolute atomic E-state index is 0.0950. The molecule has 2 atom stereocenters. The van der Waals surface area contributed by atoms with Crippen LogP contribution in [0.15, 0.2) is 24.3 Å². The molecule has 0 aliphatic carbocycles. The van der Waals surface area contributed by atoms with E-state index in [-0.39, 0.29) is 6.61 Å². The Balaban J connectivity index is 1.89. The minimum Gasteiger partial charge on any atom is -0.479 e. The lowest BCUT2D eigenvalue weighted by Gasteiger charge is -2.14. The van der Waals surface area contributed by atoms with Gasteiger partial charge in [-0.3, -0.25) is 0 Å². The van der Waals surface area contributed by atoms with Gasteiger partial charge in [-0.1, -0.05) is 0 Å². The van der Waals surface area contributed by atoms with Crippen molar-refractivity contribution in [3.8, 4) is 11.8 Å². The molecular weight excluding hydrogens is 226 g/mol. The van der Waals surface area contributed by atoms with Gasteiger partial charge in [-0.25, -0.2) is 0 Å². The van der Waals surface area contributed by atoms with Crippen molar-refractivity contribution in [2.24, 2.45) is 0 Å². The monoisotopic (exact) mass is 245 g/mol. The third kappa shape index (κ3) is 3.14. The number of benzene rings is 1. The van der Waals surface area contributed by atoms with E-state index < -0.39 is 0 Å². The SMILES string of the molecule is CC1CC(Nc2ccc(OCC#N)cc2)CN1C. The molecule has 0 spiro atoms. The maximum absolute atomic E-state index is 8.43. The van der Waals surface area contributed by atoms with Crippen molar-refractivity contribution in [3.63, 3.8) is 0 Å². The number of anilines is 1. The molecule has 4 heteroatoms. The predicted molar refractivity (Wildman–Crippen MR) is 71.7 cm³/mol. The van der Waals surface area contributed by atoms with Crippen LogP contribution in [-0.2, 0) is 0 Å². The summed E-state index contributed by atoms with van der Waals surface area (Å²) in [6.07, 6.45) is 1.17. The van der Waals surface area contributed by atoms with Gasteiger partial charge in [-0.05, 0) is 44.7 Å². The van der Waals surface area contributed by atoms with Crippen LogP contribution in [0.25, 0.3) is 0 Å². The maximum Gasteiger partial charge on any atom is 0.174 e. The standard InChI is InChI=1S/C14H19N3O/c1-11-9-13(10-17(11)2)16-12-3-5-14(6-4-12)18-8-7-15/h3-6,11,13,16H,8-10H2,1-2H3. The highest BCUT2D eigenvalue weighted by Crippen LogP contribution is 2.21. The Kier molecular flexibility index (Phi) is 4.06. The van der Waals surface area contributed by atoms with Gasteiger partial charge >= 0.3 is 0 Å². The zero-order valence-electron chi connectivity index (χ0n) is 10.9. The van der Waals surface area contributed by atoms with Gasteiger partial charge in [0.2, 0.25) is 0 Å². The first-order valence-electron chi connectivity index (χ1n) is 6.25. The van der Waals surface area contributed by atoms with E-state index in [1.54, 1.807) is 0 Å². The van der Waals surface area contributed by atoms with E-state index in [0.29, 0.717) is 12.1 Å². The fourth-order valence-corrected chi connectivity index (χ4v) is 2.30. The largest absolute Gasteiger partial charge is 0.479 e. The molecule has 2 unspecified atom stereocenters. The van der Waals surface area contributed by atoms with Crippen molar-refractivity contribution in [2.45, 2.75) is 25.4 Å². The summed E-state index contributed by atoms with van der Waals surface area (Å²) in [4.78, 5) is 2.36. The van der Waals surface area contributed by atoms with E-state index in [2.05, 4.69) is 24.2 Å². The molecule has 0 aromatic heterocycles. The number of likely N-dealkylation sites (N-methyl/N-ethyl adjacent to an activating group) is 1. The maximum atomic E-state index is 8.43. The van der Waals surface area contributed by atoms with Crippen LogP contribution in [0, 0.1) is 11.3 Å². The summed E-state index contributed by atoms with van der Waals surface area (Å²) in [5.74, 6) is 0.735. The molecule has 1 heterocycles. The number of nitrogens with one attached hydrogen (secondary N) is 1. The van der Waals surface area contributed by atoms with Crippen molar-refractivity contribution in [2.75, 3.05) is 25.5 Å². The first-order chi connectivity index (χ1) is 8.69. The lowest BCUT2D eigenvalue weighted by molar-refractivity contribution is 0.330. The number of hydrogen-bond acceptors (Lipinski definition) is 4. The van der Waals surface area contributed by atoms with Crippen LogP contribution in [0.5, 0.6) is 5.75 Å². The lowest BCUT2D eigenvalue weighted by Crippen LogP contribution is -2.24.